The number of aliphatic hydroxyl groups is 1. The molecule has 1 aromatic heterocycles. The first-order valence-electron chi connectivity index (χ1n) is 9.47. The van der Waals surface area contributed by atoms with Gasteiger partial charge in [-0.1, -0.05) is 18.2 Å². The molecule has 4 rings (SSSR count). The lowest BCUT2D eigenvalue weighted by Crippen LogP contribution is -2.53. The van der Waals surface area contributed by atoms with Crippen LogP contribution in [0, 0.1) is 11.6 Å². The predicted molar refractivity (Wildman–Crippen MR) is 106 cm³/mol. The number of halogens is 2. The van der Waals surface area contributed by atoms with Gasteiger partial charge in [-0.05, 0) is 25.1 Å². The van der Waals surface area contributed by atoms with Gasteiger partial charge in [-0.3, -0.25) is 9.88 Å². The third kappa shape index (κ3) is 3.70. The molecular weight excluding hydrogens is 360 g/mol. The second-order valence-corrected chi connectivity index (χ2v) is 7.35. The molecule has 6 heteroatoms. The fourth-order valence-electron chi connectivity index (χ4n) is 3.96. The average Bonchev–Trinajstić information content (AvgIpc) is 2.69. The molecule has 0 radical (unpaired) electrons. The van der Waals surface area contributed by atoms with Gasteiger partial charge in [0, 0.05) is 72.7 Å². The summed E-state index contributed by atoms with van der Waals surface area (Å²) < 4.78 is 27.1. The second kappa shape index (κ2) is 7.81. The zero-order valence-electron chi connectivity index (χ0n) is 15.7. The minimum atomic E-state index is -0.988. The molecule has 2 unspecified atom stereocenters. The summed E-state index contributed by atoms with van der Waals surface area (Å²) in [5.41, 5.74) is 1.31. The molecule has 28 heavy (non-hydrogen) atoms. The summed E-state index contributed by atoms with van der Waals surface area (Å²) in [6, 6.07) is 11.7. The largest absolute Gasteiger partial charge is 0.387 e. The quantitative estimate of drug-likeness (QED) is 0.745. The number of β-amino-alcohol motifs (C(OH)–C–C–N with tert-alkyl or cyclic N) is 1. The molecule has 3 aromatic rings. The molecule has 1 aliphatic rings. The van der Waals surface area contributed by atoms with Crippen LogP contribution in [-0.2, 0) is 0 Å². The smallest absolute Gasteiger partial charge is 0.131 e. The van der Waals surface area contributed by atoms with E-state index in [0.29, 0.717) is 6.54 Å². The van der Waals surface area contributed by atoms with Crippen LogP contribution in [0.1, 0.15) is 18.6 Å². The number of anilines is 1. The summed E-state index contributed by atoms with van der Waals surface area (Å²) in [6.07, 6.45) is 2.68. The zero-order chi connectivity index (χ0) is 19.7. The third-order valence-electron chi connectivity index (χ3n) is 5.49. The molecule has 1 fully saturated rings. The Balaban J connectivity index is 1.46. The summed E-state index contributed by atoms with van der Waals surface area (Å²) in [6.45, 7) is 4.79. The normalized spacial score (nSPS) is 19.1. The highest BCUT2D eigenvalue weighted by atomic mass is 19.1. The van der Waals surface area contributed by atoms with Crippen molar-refractivity contribution in [1.82, 2.24) is 9.88 Å². The fourth-order valence-corrected chi connectivity index (χ4v) is 3.96. The van der Waals surface area contributed by atoms with Gasteiger partial charge in [-0.25, -0.2) is 8.78 Å². The Bertz CT molecular complexity index is 976. The summed E-state index contributed by atoms with van der Waals surface area (Å²) in [7, 11) is 0. The van der Waals surface area contributed by atoms with Crippen molar-refractivity contribution in [3.05, 3.63) is 72.1 Å². The average molecular weight is 383 g/mol. The molecule has 146 valence electrons. The highest BCUT2D eigenvalue weighted by molar-refractivity contribution is 5.93. The van der Waals surface area contributed by atoms with Crippen LogP contribution in [0.3, 0.4) is 0 Å². The maximum atomic E-state index is 14.0. The van der Waals surface area contributed by atoms with Gasteiger partial charge in [0.2, 0.25) is 0 Å². The molecule has 4 nitrogen and oxygen atoms in total. The Hall–Kier alpha value is -2.57. The molecule has 2 atom stereocenters. The zero-order valence-corrected chi connectivity index (χ0v) is 15.7. The standard InChI is InChI=1S/C22H23F2N3O/c1-15-13-27(21-4-2-3-16-12-25-8-7-18(16)21)10-9-26(15)14-22(28)19-6-5-17(23)11-20(19)24/h2-8,11-12,15,22,28H,9-10,13-14H2,1H3. The SMILES string of the molecule is CC1CN(c2cccc3cnccc23)CCN1CC(O)c1ccc(F)cc1F. The van der Waals surface area contributed by atoms with E-state index in [-0.39, 0.29) is 11.6 Å². The highest BCUT2D eigenvalue weighted by Crippen LogP contribution is 2.29. The molecule has 2 aromatic carbocycles. The van der Waals surface area contributed by atoms with Gasteiger partial charge in [0.05, 0.1) is 6.10 Å². The van der Waals surface area contributed by atoms with Gasteiger partial charge >= 0.3 is 0 Å². The maximum Gasteiger partial charge on any atom is 0.131 e. The van der Waals surface area contributed by atoms with Crippen molar-refractivity contribution in [2.45, 2.75) is 19.1 Å². The number of aromatic nitrogens is 1. The molecule has 0 spiro atoms. The molecular formula is C22H23F2N3O. The first kappa shape index (κ1) is 18.8. The van der Waals surface area contributed by atoms with Gasteiger partial charge in [0.1, 0.15) is 11.6 Å². The number of piperazine rings is 1. The topological polar surface area (TPSA) is 39.6 Å². The van der Waals surface area contributed by atoms with Crippen molar-refractivity contribution in [3.8, 4) is 0 Å². The second-order valence-electron chi connectivity index (χ2n) is 7.35. The summed E-state index contributed by atoms with van der Waals surface area (Å²) in [5, 5.41) is 12.7. The van der Waals surface area contributed by atoms with Gasteiger partial charge in [-0.15, -0.1) is 0 Å². The Morgan fingerprint density at radius 2 is 2.04 bits per heavy atom. The molecule has 1 saturated heterocycles. The van der Waals surface area contributed by atoms with E-state index < -0.39 is 17.7 Å². The van der Waals surface area contributed by atoms with Crippen molar-refractivity contribution < 1.29 is 13.9 Å². The number of pyridine rings is 1. The van der Waals surface area contributed by atoms with E-state index in [0.717, 1.165) is 31.1 Å². The first-order chi connectivity index (χ1) is 13.5. The van der Waals surface area contributed by atoms with Crippen LogP contribution < -0.4 is 4.90 Å². The molecule has 0 aliphatic carbocycles. The van der Waals surface area contributed by atoms with Crippen LogP contribution in [0.4, 0.5) is 14.5 Å². The van der Waals surface area contributed by atoms with Crippen LogP contribution in [0.2, 0.25) is 0 Å². The van der Waals surface area contributed by atoms with Gasteiger partial charge in [0.15, 0.2) is 0 Å². The lowest BCUT2D eigenvalue weighted by atomic mass is 10.0. The lowest BCUT2D eigenvalue weighted by Gasteiger charge is -2.42. The number of aliphatic hydroxyl groups excluding tert-OH is 1. The molecule has 1 aliphatic heterocycles. The Labute approximate surface area is 163 Å². The number of nitrogens with zero attached hydrogens (tertiary/aromatic N) is 3. The van der Waals surface area contributed by atoms with Crippen molar-refractivity contribution in [3.63, 3.8) is 0 Å². The minimum Gasteiger partial charge on any atom is -0.387 e. The number of hydrogen-bond acceptors (Lipinski definition) is 4. The van der Waals surface area contributed by atoms with Crippen LogP contribution >= 0.6 is 0 Å². The monoisotopic (exact) mass is 383 g/mol. The van der Waals surface area contributed by atoms with E-state index in [2.05, 4.69) is 33.8 Å². The number of hydrogen-bond donors (Lipinski definition) is 1. The lowest BCUT2D eigenvalue weighted by molar-refractivity contribution is 0.0827. The van der Waals surface area contributed by atoms with Crippen molar-refractivity contribution in [2.24, 2.45) is 0 Å². The summed E-state index contributed by atoms with van der Waals surface area (Å²) >= 11 is 0. The van der Waals surface area contributed by atoms with Crippen molar-refractivity contribution in [2.75, 3.05) is 31.1 Å². The van der Waals surface area contributed by atoms with Gasteiger partial charge in [0.25, 0.3) is 0 Å². The van der Waals surface area contributed by atoms with E-state index in [1.807, 2.05) is 18.3 Å². The molecule has 2 heterocycles. The summed E-state index contributed by atoms with van der Waals surface area (Å²) in [4.78, 5) is 8.68. The third-order valence-corrected chi connectivity index (χ3v) is 5.49. The van der Waals surface area contributed by atoms with E-state index >= 15 is 0 Å². The van der Waals surface area contributed by atoms with Crippen LogP contribution in [-0.4, -0.2) is 47.2 Å². The minimum absolute atomic E-state index is 0.137. The van der Waals surface area contributed by atoms with E-state index in [1.54, 1.807) is 6.20 Å². The Morgan fingerprint density at radius 3 is 2.82 bits per heavy atom. The van der Waals surface area contributed by atoms with Crippen LogP contribution in [0.25, 0.3) is 10.8 Å². The van der Waals surface area contributed by atoms with Gasteiger partial charge < -0.3 is 10.0 Å². The van der Waals surface area contributed by atoms with E-state index in [9.17, 15) is 13.9 Å². The van der Waals surface area contributed by atoms with Crippen molar-refractivity contribution >= 4 is 16.5 Å². The van der Waals surface area contributed by atoms with Gasteiger partial charge in [-0.2, -0.15) is 0 Å². The van der Waals surface area contributed by atoms with E-state index in [1.165, 1.54) is 23.2 Å². The number of benzene rings is 2. The maximum absolute atomic E-state index is 14.0. The molecule has 0 bridgehead atoms. The molecule has 0 saturated carbocycles. The number of rotatable bonds is 4. The summed E-state index contributed by atoms with van der Waals surface area (Å²) in [5.74, 6) is -1.34. The molecule has 1 N–H and O–H groups in total. The van der Waals surface area contributed by atoms with E-state index in [4.69, 9.17) is 0 Å². The first-order valence-corrected chi connectivity index (χ1v) is 9.47. The Morgan fingerprint density at radius 1 is 1.18 bits per heavy atom. The highest BCUT2D eigenvalue weighted by Gasteiger charge is 2.27. The van der Waals surface area contributed by atoms with Crippen LogP contribution in [0.5, 0.6) is 0 Å². The fraction of sp³-hybridized carbons (Fsp3) is 0.318. The molecule has 0 amide bonds. The predicted octanol–water partition coefficient (Wildman–Crippen LogP) is 3.76. The Kier molecular flexibility index (Phi) is 5.24. The number of fused-ring (bicyclic) bond motifs is 1. The van der Waals surface area contributed by atoms with Crippen LogP contribution in [0.15, 0.2) is 54.9 Å². The van der Waals surface area contributed by atoms with Crippen molar-refractivity contribution in [1.29, 1.82) is 0 Å².